The van der Waals surface area contributed by atoms with E-state index >= 15 is 0 Å². The molecule has 6 heteroatoms. The van der Waals surface area contributed by atoms with Crippen molar-refractivity contribution < 1.29 is 14.8 Å². The Morgan fingerprint density at radius 3 is 2.50 bits per heavy atom. The SMILES string of the molecule is COc1ccc(C[NH2+]c2c(Cl)cncc2Cl)cc1OC1CCCC1. The number of halogens is 2. The lowest BCUT2D eigenvalue weighted by atomic mass is 10.2. The number of rotatable bonds is 6. The van der Waals surface area contributed by atoms with Crippen molar-refractivity contribution in [2.75, 3.05) is 7.11 Å². The second kappa shape index (κ2) is 8.06. The summed E-state index contributed by atoms with van der Waals surface area (Å²) in [4.78, 5) is 3.97. The average molecular weight is 368 g/mol. The van der Waals surface area contributed by atoms with E-state index in [1.807, 2.05) is 23.5 Å². The van der Waals surface area contributed by atoms with E-state index in [4.69, 9.17) is 32.7 Å². The van der Waals surface area contributed by atoms with Gasteiger partial charge in [-0.25, -0.2) is 0 Å². The zero-order valence-electron chi connectivity index (χ0n) is 13.6. The number of hydrogen-bond acceptors (Lipinski definition) is 3. The van der Waals surface area contributed by atoms with E-state index in [1.165, 1.54) is 12.8 Å². The molecule has 0 radical (unpaired) electrons. The minimum absolute atomic E-state index is 0.294. The van der Waals surface area contributed by atoms with Crippen molar-refractivity contribution in [3.05, 3.63) is 46.2 Å². The van der Waals surface area contributed by atoms with E-state index in [1.54, 1.807) is 19.5 Å². The van der Waals surface area contributed by atoms with Crippen LogP contribution in [0, 0.1) is 0 Å². The summed E-state index contributed by atoms with van der Waals surface area (Å²) < 4.78 is 11.6. The number of methoxy groups -OCH3 is 1. The van der Waals surface area contributed by atoms with Gasteiger partial charge in [0.2, 0.25) is 0 Å². The number of nitrogens with zero attached hydrogens (tertiary/aromatic N) is 1. The molecule has 0 aliphatic heterocycles. The van der Waals surface area contributed by atoms with Gasteiger partial charge in [0.25, 0.3) is 0 Å². The molecule has 0 unspecified atom stereocenters. The molecule has 4 nitrogen and oxygen atoms in total. The number of nitrogens with two attached hydrogens (primary N) is 1. The maximum Gasteiger partial charge on any atom is 0.170 e. The van der Waals surface area contributed by atoms with Crippen LogP contribution in [0.15, 0.2) is 30.6 Å². The molecule has 2 N–H and O–H groups in total. The first-order valence-electron chi connectivity index (χ1n) is 8.13. The van der Waals surface area contributed by atoms with Gasteiger partial charge in [-0.15, -0.1) is 0 Å². The molecule has 1 aliphatic carbocycles. The van der Waals surface area contributed by atoms with Crippen LogP contribution in [0.2, 0.25) is 10.0 Å². The highest BCUT2D eigenvalue weighted by molar-refractivity contribution is 6.37. The molecule has 0 atom stereocenters. The molecule has 1 fully saturated rings. The summed E-state index contributed by atoms with van der Waals surface area (Å²) in [5.74, 6) is 1.58. The summed E-state index contributed by atoms with van der Waals surface area (Å²) in [6.07, 6.45) is 8.19. The molecule has 1 aromatic carbocycles. The number of ether oxygens (including phenoxy) is 2. The Bertz CT molecular complexity index is 683. The summed E-state index contributed by atoms with van der Waals surface area (Å²) in [5.41, 5.74) is 1.93. The van der Waals surface area contributed by atoms with Gasteiger partial charge in [-0.2, -0.15) is 0 Å². The highest BCUT2D eigenvalue weighted by atomic mass is 35.5. The largest absolute Gasteiger partial charge is 0.493 e. The van der Waals surface area contributed by atoms with Crippen molar-refractivity contribution in [2.45, 2.75) is 38.3 Å². The van der Waals surface area contributed by atoms with Crippen LogP contribution in [0.1, 0.15) is 31.2 Å². The summed E-state index contributed by atoms with van der Waals surface area (Å²) in [6, 6.07) is 6.01. The minimum Gasteiger partial charge on any atom is -0.493 e. The van der Waals surface area contributed by atoms with Crippen molar-refractivity contribution in [1.29, 1.82) is 0 Å². The maximum atomic E-state index is 6.17. The second-order valence-electron chi connectivity index (χ2n) is 5.93. The lowest BCUT2D eigenvalue weighted by Crippen LogP contribution is -2.76. The summed E-state index contributed by atoms with van der Waals surface area (Å²) in [7, 11) is 1.67. The summed E-state index contributed by atoms with van der Waals surface area (Å²) in [6.45, 7) is 0.703. The smallest absolute Gasteiger partial charge is 0.170 e. The lowest BCUT2D eigenvalue weighted by Gasteiger charge is -2.16. The molecule has 1 aromatic heterocycles. The van der Waals surface area contributed by atoms with Crippen molar-refractivity contribution >= 4 is 28.9 Å². The normalized spacial score (nSPS) is 14.8. The van der Waals surface area contributed by atoms with Crippen LogP contribution in [0.3, 0.4) is 0 Å². The predicted octanol–water partition coefficient (Wildman–Crippen LogP) is 4.11. The van der Waals surface area contributed by atoms with Gasteiger partial charge < -0.3 is 14.8 Å². The van der Waals surface area contributed by atoms with E-state index in [0.717, 1.165) is 35.6 Å². The van der Waals surface area contributed by atoms with E-state index in [-0.39, 0.29) is 0 Å². The third kappa shape index (κ3) is 4.12. The van der Waals surface area contributed by atoms with Crippen molar-refractivity contribution in [2.24, 2.45) is 0 Å². The molecule has 0 amide bonds. The molecule has 0 spiro atoms. The number of pyridine rings is 1. The Morgan fingerprint density at radius 1 is 1.12 bits per heavy atom. The van der Waals surface area contributed by atoms with Crippen LogP contribution >= 0.6 is 23.2 Å². The van der Waals surface area contributed by atoms with E-state index in [9.17, 15) is 0 Å². The van der Waals surface area contributed by atoms with Crippen molar-refractivity contribution in [1.82, 2.24) is 4.98 Å². The monoisotopic (exact) mass is 367 g/mol. The Hall–Kier alpha value is -1.49. The molecule has 1 saturated carbocycles. The van der Waals surface area contributed by atoms with Gasteiger partial charge in [-0.1, -0.05) is 23.2 Å². The van der Waals surface area contributed by atoms with Gasteiger partial charge >= 0.3 is 0 Å². The number of benzene rings is 1. The molecular weight excluding hydrogens is 347 g/mol. The van der Waals surface area contributed by atoms with Gasteiger partial charge in [0, 0.05) is 5.56 Å². The van der Waals surface area contributed by atoms with Crippen LogP contribution in [-0.2, 0) is 6.54 Å². The van der Waals surface area contributed by atoms with Crippen LogP contribution in [-0.4, -0.2) is 18.2 Å². The molecular formula is C18H21Cl2N2O2+. The Morgan fingerprint density at radius 2 is 1.83 bits per heavy atom. The van der Waals surface area contributed by atoms with Crippen molar-refractivity contribution in [3.8, 4) is 11.5 Å². The third-order valence-electron chi connectivity index (χ3n) is 4.26. The number of aromatic nitrogens is 1. The fraction of sp³-hybridized carbons (Fsp3) is 0.389. The van der Waals surface area contributed by atoms with E-state index < -0.39 is 0 Å². The number of hydrogen-bond donors (Lipinski definition) is 1. The Balaban J connectivity index is 1.73. The summed E-state index contributed by atoms with van der Waals surface area (Å²) in [5, 5.41) is 3.12. The van der Waals surface area contributed by atoms with Gasteiger partial charge in [-0.05, 0) is 43.9 Å². The van der Waals surface area contributed by atoms with Crippen LogP contribution in [0.25, 0.3) is 0 Å². The molecule has 0 bridgehead atoms. The molecule has 1 heterocycles. The average Bonchev–Trinajstić information content (AvgIpc) is 3.08. The van der Waals surface area contributed by atoms with Gasteiger partial charge in [0.15, 0.2) is 17.2 Å². The summed E-state index contributed by atoms with van der Waals surface area (Å²) >= 11 is 12.3. The van der Waals surface area contributed by atoms with Gasteiger partial charge in [0.05, 0.1) is 25.6 Å². The van der Waals surface area contributed by atoms with Crippen LogP contribution in [0.5, 0.6) is 11.5 Å². The fourth-order valence-electron chi connectivity index (χ4n) is 2.96. The Kier molecular flexibility index (Phi) is 5.82. The first-order chi connectivity index (χ1) is 11.7. The first-order valence-corrected chi connectivity index (χ1v) is 8.88. The van der Waals surface area contributed by atoms with Gasteiger partial charge in [0.1, 0.15) is 16.6 Å². The molecule has 0 saturated heterocycles. The van der Waals surface area contributed by atoms with Crippen molar-refractivity contribution in [3.63, 3.8) is 0 Å². The highest BCUT2D eigenvalue weighted by Gasteiger charge is 2.19. The molecule has 128 valence electrons. The zero-order valence-corrected chi connectivity index (χ0v) is 15.1. The van der Waals surface area contributed by atoms with E-state index in [0.29, 0.717) is 22.7 Å². The van der Waals surface area contributed by atoms with Crippen LogP contribution in [0.4, 0.5) is 5.69 Å². The number of quaternary nitrogens is 1. The molecule has 2 aromatic rings. The molecule has 1 aliphatic rings. The van der Waals surface area contributed by atoms with E-state index in [2.05, 4.69) is 4.98 Å². The molecule has 3 rings (SSSR count). The highest BCUT2D eigenvalue weighted by Crippen LogP contribution is 2.32. The topological polar surface area (TPSA) is 48.0 Å². The van der Waals surface area contributed by atoms with Gasteiger partial charge in [-0.3, -0.25) is 4.98 Å². The third-order valence-corrected chi connectivity index (χ3v) is 4.86. The fourth-order valence-corrected chi connectivity index (χ4v) is 3.48. The first kappa shape index (κ1) is 17.3. The lowest BCUT2D eigenvalue weighted by molar-refractivity contribution is -0.588. The minimum atomic E-state index is 0.294. The zero-order chi connectivity index (χ0) is 16.9. The predicted molar refractivity (Wildman–Crippen MR) is 95.4 cm³/mol. The quantitative estimate of drug-likeness (QED) is 0.835. The van der Waals surface area contributed by atoms with Crippen LogP contribution < -0.4 is 14.8 Å². The Labute approximate surface area is 152 Å². The maximum absolute atomic E-state index is 6.17. The standard InChI is InChI=1S/C18H20Cl2N2O2/c1-23-16-7-6-12(8-17(16)24-13-4-2-3-5-13)9-22-18-14(19)10-21-11-15(18)20/h6-8,10-11,13H,2-5,9H2,1H3,(H,21,22)/p+1. The molecule has 24 heavy (non-hydrogen) atoms. The second-order valence-corrected chi connectivity index (χ2v) is 6.75.